The van der Waals surface area contributed by atoms with Crippen LogP contribution in [0.5, 0.6) is 23.0 Å². The molecular weight excluding hydrogens is 568 g/mol. The summed E-state index contributed by atoms with van der Waals surface area (Å²) in [5, 5.41) is 8.54. The Morgan fingerprint density at radius 1 is 0.711 bits per heavy atom. The average molecular weight is 601 g/mol. The molecule has 1 aromatic heterocycles. The molecule has 10 heteroatoms. The van der Waals surface area contributed by atoms with Crippen LogP contribution in [0, 0.1) is 6.92 Å². The smallest absolute Gasteiger partial charge is 0.179 e. The summed E-state index contributed by atoms with van der Waals surface area (Å²) in [6.07, 6.45) is 0. The number of ether oxygens (including phenoxy) is 4. The largest absolute Gasteiger partial charge is 0.497 e. The monoisotopic (exact) mass is 600 g/mol. The molecule has 0 aliphatic carbocycles. The number of aliphatic imine (C=N–C) groups is 2. The molecule has 0 saturated carbocycles. The maximum absolute atomic E-state index is 5.76. The van der Waals surface area contributed by atoms with Crippen molar-refractivity contribution in [2.24, 2.45) is 9.98 Å². The predicted octanol–water partition coefficient (Wildman–Crippen LogP) is 7.01. The van der Waals surface area contributed by atoms with Gasteiger partial charge in [-0.15, -0.1) is 0 Å². The van der Waals surface area contributed by atoms with Gasteiger partial charge in [0.05, 0.1) is 62.9 Å². The highest BCUT2D eigenvalue weighted by molar-refractivity contribution is 6.51. The van der Waals surface area contributed by atoms with Crippen LogP contribution in [-0.4, -0.2) is 49.9 Å². The summed E-state index contributed by atoms with van der Waals surface area (Å²) in [7, 11) is 6.54. The quantitative estimate of drug-likeness (QED) is 0.215. The zero-order chi connectivity index (χ0) is 31.1. The molecule has 4 aromatic carbocycles. The van der Waals surface area contributed by atoms with Gasteiger partial charge in [-0.3, -0.25) is 0 Å². The van der Waals surface area contributed by atoms with Crippen molar-refractivity contribution in [1.82, 2.24) is 9.78 Å². The minimum atomic E-state index is -0.323. The second-order valence-electron chi connectivity index (χ2n) is 10.5. The van der Waals surface area contributed by atoms with E-state index in [0.717, 1.165) is 45.4 Å². The summed E-state index contributed by atoms with van der Waals surface area (Å²) in [5.41, 5.74) is 6.17. The highest BCUT2D eigenvalue weighted by Crippen LogP contribution is 2.49. The zero-order valence-electron chi connectivity index (χ0n) is 25.6. The van der Waals surface area contributed by atoms with Gasteiger partial charge in [-0.25, -0.2) is 14.7 Å². The van der Waals surface area contributed by atoms with Crippen LogP contribution >= 0.6 is 0 Å². The number of hydrogen-bond acceptors (Lipinski definition) is 9. The first-order chi connectivity index (χ1) is 22.0. The molecule has 0 amide bonds. The molecule has 3 heterocycles. The molecule has 226 valence electrons. The molecule has 0 spiro atoms. The molecular formula is C35H32N6O4. The second kappa shape index (κ2) is 11.4. The fourth-order valence-electron chi connectivity index (χ4n) is 5.91. The number of para-hydroxylation sites is 3. The van der Waals surface area contributed by atoms with Gasteiger partial charge in [-0.05, 0) is 61.0 Å². The van der Waals surface area contributed by atoms with Crippen LogP contribution in [0.25, 0.3) is 5.69 Å². The Morgan fingerprint density at radius 2 is 1.47 bits per heavy atom. The molecule has 0 radical (unpaired) electrons. The van der Waals surface area contributed by atoms with Gasteiger partial charge in [0.15, 0.2) is 29.0 Å². The van der Waals surface area contributed by atoms with Crippen LogP contribution < -0.4 is 29.2 Å². The maximum Gasteiger partial charge on any atom is 0.179 e. The molecule has 2 aliphatic rings. The van der Waals surface area contributed by atoms with Crippen LogP contribution in [0.15, 0.2) is 101 Å². The number of amidine groups is 2. The molecule has 1 atom stereocenters. The third kappa shape index (κ3) is 4.71. The van der Waals surface area contributed by atoms with Crippen LogP contribution in [0.3, 0.4) is 0 Å². The van der Waals surface area contributed by atoms with E-state index >= 15 is 0 Å². The fraction of sp³-hybridized carbons (Fsp3) is 0.171. The summed E-state index contributed by atoms with van der Waals surface area (Å²) in [5.74, 6) is 4.50. The Labute approximate surface area is 261 Å². The summed E-state index contributed by atoms with van der Waals surface area (Å²) >= 11 is 0. The Kier molecular flexibility index (Phi) is 7.09. The number of nitrogens with zero attached hydrogens (tertiary/aromatic N) is 5. The lowest BCUT2D eigenvalue weighted by atomic mass is 9.93. The van der Waals surface area contributed by atoms with Crippen LogP contribution in [0.4, 0.5) is 22.9 Å². The summed E-state index contributed by atoms with van der Waals surface area (Å²) in [6.45, 7) is 2.03. The van der Waals surface area contributed by atoms with Gasteiger partial charge >= 0.3 is 0 Å². The summed E-state index contributed by atoms with van der Waals surface area (Å²) in [4.78, 5) is 12.6. The maximum atomic E-state index is 5.76. The first-order valence-electron chi connectivity index (χ1n) is 14.5. The molecule has 5 aromatic rings. The number of benzene rings is 4. The molecule has 2 aliphatic heterocycles. The lowest BCUT2D eigenvalue weighted by Crippen LogP contribution is -2.46. The van der Waals surface area contributed by atoms with Crippen molar-refractivity contribution in [3.8, 4) is 28.7 Å². The van der Waals surface area contributed by atoms with E-state index in [1.54, 1.807) is 28.4 Å². The van der Waals surface area contributed by atoms with Crippen LogP contribution in [0.2, 0.25) is 0 Å². The summed E-state index contributed by atoms with van der Waals surface area (Å²) in [6, 6.07) is 29.4. The van der Waals surface area contributed by atoms with Crippen molar-refractivity contribution in [2.45, 2.75) is 13.0 Å². The molecule has 7 rings (SSSR count). The highest BCUT2D eigenvalue weighted by Gasteiger charge is 2.42. The van der Waals surface area contributed by atoms with Gasteiger partial charge < -0.3 is 29.2 Å². The number of aromatic nitrogens is 2. The minimum absolute atomic E-state index is 0.323. The van der Waals surface area contributed by atoms with Crippen molar-refractivity contribution >= 4 is 34.6 Å². The van der Waals surface area contributed by atoms with E-state index in [-0.39, 0.29) is 6.04 Å². The number of aryl methyl sites for hydroxylation is 1. The Bertz CT molecular complexity index is 1970. The molecule has 0 fully saturated rings. The van der Waals surface area contributed by atoms with Crippen molar-refractivity contribution in [1.29, 1.82) is 0 Å². The van der Waals surface area contributed by atoms with E-state index in [4.69, 9.17) is 34.0 Å². The second-order valence-corrected chi connectivity index (χ2v) is 10.5. The van der Waals surface area contributed by atoms with Crippen LogP contribution in [0.1, 0.15) is 22.9 Å². The van der Waals surface area contributed by atoms with E-state index in [0.29, 0.717) is 34.7 Å². The Morgan fingerprint density at radius 3 is 2.22 bits per heavy atom. The number of methoxy groups -OCH3 is 4. The first kappa shape index (κ1) is 28.0. The van der Waals surface area contributed by atoms with Crippen LogP contribution in [-0.2, 0) is 0 Å². The van der Waals surface area contributed by atoms with E-state index in [1.807, 2.05) is 90.5 Å². The van der Waals surface area contributed by atoms with Gasteiger partial charge in [0, 0.05) is 11.6 Å². The molecule has 10 nitrogen and oxygen atoms in total. The Hall–Kier alpha value is -5.77. The molecule has 45 heavy (non-hydrogen) atoms. The number of nitrogens with one attached hydrogen (secondary N) is 1. The van der Waals surface area contributed by atoms with E-state index in [2.05, 4.69) is 22.3 Å². The van der Waals surface area contributed by atoms with Gasteiger partial charge in [-0.2, -0.15) is 5.10 Å². The van der Waals surface area contributed by atoms with Crippen molar-refractivity contribution in [3.05, 3.63) is 108 Å². The zero-order valence-corrected chi connectivity index (χ0v) is 25.6. The Balaban J connectivity index is 1.48. The predicted molar refractivity (Wildman–Crippen MR) is 176 cm³/mol. The lowest BCUT2D eigenvalue weighted by molar-refractivity contribution is 0.354. The number of fused-ring (bicyclic) bond motifs is 4. The number of anilines is 2. The third-order valence-corrected chi connectivity index (χ3v) is 8.02. The molecule has 0 saturated heterocycles. The summed E-state index contributed by atoms with van der Waals surface area (Å²) < 4.78 is 24.4. The molecule has 1 unspecified atom stereocenters. The van der Waals surface area contributed by atoms with E-state index < -0.39 is 0 Å². The SMILES string of the molecule is COc1ccc(NC2=Nc3ccccc3N3C2=Nc2c(c(C)nn2-c2ccccc2)C3c2ccc(OC)c(OC)c2)c(OC)c1. The van der Waals surface area contributed by atoms with Gasteiger partial charge in [0.2, 0.25) is 0 Å². The topological polar surface area (TPSA) is 94.7 Å². The number of rotatable bonds is 7. The lowest BCUT2D eigenvalue weighted by Gasteiger charge is -2.40. The standard InChI is InChI=1S/C35H32N6O4/c1-21-31-32(22-15-18-28(43-3)30(19-22)45-5)40-27-14-10-9-13-25(27)36-33(37-26-17-16-24(42-2)20-29(26)44-4)35(40)38-34(31)41(39-21)23-11-7-6-8-12-23/h6-20,32H,1-5H3,(H,36,37). The normalized spacial score (nSPS) is 14.8. The van der Waals surface area contributed by atoms with Gasteiger partial charge in [0.1, 0.15) is 11.5 Å². The van der Waals surface area contributed by atoms with Crippen molar-refractivity contribution in [3.63, 3.8) is 0 Å². The number of hydrogen-bond donors (Lipinski definition) is 1. The third-order valence-electron chi connectivity index (χ3n) is 8.02. The average Bonchev–Trinajstić information content (AvgIpc) is 3.43. The molecule has 0 bridgehead atoms. The minimum Gasteiger partial charge on any atom is -0.497 e. The van der Waals surface area contributed by atoms with Crippen molar-refractivity contribution < 1.29 is 18.9 Å². The van der Waals surface area contributed by atoms with E-state index in [9.17, 15) is 0 Å². The van der Waals surface area contributed by atoms with Gasteiger partial charge in [0.25, 0.3) is 0 Å². The first-order valence-corrected chi connectivity index (χ1v) is 14.5. The highest BCUT2D eigenvalue weighted by atomic mass is 16.5. The van der Waals surface area contributed by atoms with Crippen molar-refractivity contribution in [2.75, 3.05) is 38.7 Å². The van der Waals surface area contributed by atoms with E-state index in [1.165, 1.54) is 0 Å². The van der Waals surface area contributed by atoms with Gasteiger partial charge in [-0.1, -0.05) is 36.4 Å². The molecule has 1 N–H and O–H groups in total. The fourth-order valence-corrected chi connectivity index (χ4v) is 5.91.